The van der Waals surface area contributed by atoms with Crippen LogP contribution in [0.2, 0.25) is 0 Å². The van der Waals surface area contributed by atoms with Crippen molar-refractivity contribution in [2.45, 2.75) is 44.6 Å². The normalized spacial score (nSPS) is 16.3. The van der Waals surface area contributed by atoms with E-state index in [-0.39, 0.29) is 19.8 Å². The average molecular weight is 374 g/mol. The molecule has 8 nitrogen and oxygen atoms in total. The summed E-state index contributed by atoms with van der Waals surface area (Å²) in [5.41, 5.74) is -1.31. The van der Waals surface area contributed by atoms with E-state index in [1.807, 2.05) is 0 Å². The Morgan fingerprint density at radius 1 is 1.00 bits per heavy atom. The largest absolute Gasteiger partial charge is 0.497 e. The van der Waals surface area contributed by atoms with Gasteiger partial charge in [0, 0.05) is 13.2 Å². The highest BCUT2D eigenvalue weighted by Crippen LogP contribution is 2.26. The molecule has 8 heteroatoms. The molecule has 0 unspecified atom stereocenters. The summed E-state index contributed by atoms with van der Waals surface area (Å²) in [6.07, 6.45) is -4.03. The molecule has 0 bridgehead atoms. The molecule has 0 fully saturated rings. The quantitative estimate of drug-likeness (QED) is 0.358. The molecule has 0 aliphatic heterocycles. The van der Waals surface area contributed by atoms with Gasteiger partial charge in [0.25, 0.3) is 0 Å². The smallest absolute Gasteiger partial charge is 0.191 e. The zero-order valence-corrected chi connectivity index (χ0v) is 15.5. The molecule has 3 atom stereocenters. The fraction of sp³-hybridized carbons (Fsp3) is 0.667. The molecule has 26 heavy (non-hydrogen) atoms. The highest BCUT2D eigenvalue weighted by atomic mass is 16.7. The summed E-state index contributed by atoms with van der Waals surface area (Å²) in [4.78, 5) is 0. The first-order valence-corrected chi connectivity index (χ1v) is 8.56. The van der Waals surface area contributed by atoms with E-state index < -0.39 is 37.3 Å². The summed E-state index contributed by atoms with van der Waals surface area (Å²) in [5.74, 6) is 0.681. The topological polar surface area (TPSA) is 118 Å². The summed E-state index contributed by atoms with van der Waals surface area (Å²) in [5, 5.41) is 40.2. The molecular weight excluding hydrogens is 344 g/mol. The van der Waals surface area contributed by atoms with Crippen LogP contribution < -0.4 is 4.74 Å². The van der Waals surface area contributed by atoms with Crippen LogP contribution in [-0.2, 0) is 20.8 Å². The number of rotatable bonds is 13. The van der Waals surface area contributed by atoms with Gasteiger partial charge in [-0.15, -0.1) is 0 Å². The second kappa shape index (κ2) is 11.5. The van der Waals surface area contributed by atoms with E-state index in [9.17, 15) is 20.4 Å². The van der Waals surface area contributed by atoms with Crippen molar-refractivity contribution in [2.75, 3.05) is 33.5 Å². The lowest BCUT2D eigenvalue weighted by molar-refractivity contribution is -0.294. The Morgan fingerprint density at radius 2 is 1.58 bits per heavy atom. The Kier molecular flexibility index (Phi) is 10.0. The van der Waals surface area contributed by atoms with Gasteiger partial charge in [0.1, 0.15) is 18.0 Å². The van der Waals surface area contributed by atoms with Crippen LogP contribution in [0.1, 0.15) is 19.4 Å². The van der Waals surface area contributed by atoms with Gasteiger partial charge in [-0.3, -0.25) is 0 Å². The summed E-state index contributed by atoms with van der Waals surface area (Å²) < 4.78 is 21.5. The first kappa shape index (κ1) is 22.8. The number of methoxy groups -OCH3 is 1. The average Bonchev–Trinajstić information content (AvgIpc) is 2.67. The summed E-state index contributed by atoms with van der Waals surface area (Å²) >= 11 is 0. The molecule has 0 saturated heterocycles. The molecule has 0 saturated carbocycles. The number of aliphatic hydroxyl groups is 4. The first-order chi connectivity index (χ1) is 12.5. The third-order valence-electron chi connectivity index (χ3n) is 3.92. The molecule has 0 aromatic heterocycles. The SMILES string of the molecule is CCOC(OCC)[C@](O)(CO)[C@H](OCc1ccc(OC)cc1)[C@H](O)CO. The van der Waals surface area contributed by atoms with Crippen LogP contribution in [-0.4, -0.2) is 78.1 Å². The fourth-order valence-electron chi connectivity index (χ4n) is 2.53. The van der Waals surface area contributed by atoms with E-state index in [1.54, 1.807) is 45.2 Å². The van der Waals surface area contributed by atoms with Crippen molar-refractivity contribution in [1.29, 1.82) is 0 Å². The van der Waals surface area contributed by atoms with E-state index in [0.717, 1.165) is 5.56 Å². The van der Waals surface area contributed by atoms with Crippen LogP contribution in [0.5, 0.6) is 5.75 Å². The third-order valence-corrected chi connectivity index (χ3v) is 3.92. The summed E-state index contributed by atoms with van der Waals surface area (Å²) in [6.45, 7) is 2.42. The summed E-state index contributed by atoms with van der Waals surface area (Å²) in [7, 11) is 1.56. The van der Waals surface area contributed by atoms with Crippen LogP contribution >= 0.6 is 0 Å². The minimum Gasteiger partial charge on any atom is -0.497 e. The van der Waals surface area contributed by atoms with Gasteiger partial charge >= 0.3 is 0 Å². The van der Waals surface area contributed by atoms with Gasteiger partial charge in [-0.1, -0.05) is 12.1 Å². The number of hydrogen-bond donors (Lipinski definition) is 4. The molecule has 0 aliphatic rings. The number of benzene rings is 1. The maximum Gasteiger partial charge on any atom is 0.191 e. The second-order valence-electron chi connectivity index (χ2n) is 5.72. The van der Waals surface area contributed by atoms with Crippen molar-refractivity contribution in [3.05, 3.63) is 29.8 Å². The molecule has 150 valence electrons. The number of aliphatic hydroxyl groups excluding tert-OH is 3. The highest BCUT2D eigenvalue weighted by molar-refractivity contribution is 5.26. The van der Waals surface area contributed by atoms with Gasteiger partial charge in [-0.2, -0.15) is 0 Å². The zero-order chi connectivity index (χ0) is 19.6. The van der Waals surface area contributed by atoms with Gasteiger partial charge in [-0.05, 0) is 31.5 Å². The molecule has 1 aromatic rings. The van der Waals surface area contributed by atoms with Crippen molar-refractivity contribution in [3.63, 3.8) is 0 Å². The molecule has 4 N–H and O–H groups in total. The predicted octanol–water partition coefficient (Wildman–Crippen LogP) is 0.0561. The van der Waals surface area contributed by atoms with E-state index in [4.69, 9.17) is 18.9 Å². The maximum atomic E-state index is 10.9. The van der Waals surface area contributed by atoms with Crippen LogP contribution in [0, 0.1) is 0 Å². The van der Waals surface area contributed by atoms with Crippen LogP contribution in [0.4, 0.5) is 0 Å². The minimum absolute atomic E-state index is 0.0268. The Hall–Kier alpha value is -1.26. The molecule has 0 spiro atoms. The Bertz CT molecular complexity index is 488. The molecule has 1 aromatic carbocycles. The molecule has 0 aliphatic carbocycles. The Balaban J connectivity index is 2.99. The second-order valence-corrected chi connectivity index (χ2v) is 5.72. The van der Waals surface area contributed by atoms with Gasteiger partial charge in [0.15, 0.2) is 11.9 Å². The lowest BCUT2D eigenvalue weighted by Gasteiger charge is -2.41. The van der Waals surface area contributed by atoms with Crippen LogP contribution in [0.15, 0.2) is 24.3 Å². The molecule has 0 amide bonds. The Morgan fingerprint density at radius 3 is 2.00 bits per heavy atom. The van der Waals surface area contributed by atoms with Crippen LogP contribution in [0.3, 0.4) is 0 Å². The fourth-order valence-corrected chi connectivity index (χ4v) is 2.53. The number of hydrogen-bond acceptors (Lipinski definition) is 8. The van der Waals surface area contributed by atoms with Gasteiger partial charge in [0.2, 0.25) is 0 Å². The maximum absolute atomic E-state index is 10.9. The lowest BCUT2D eigenvalue weighted by Crippen LogP contribution is -2.62. The monoisotopic (exact) mass is 374 g/mol. The van der Waals surface area contributed by atoms with E-state index >= 15 is 0 Å². The number of ether oxygens (including phenoxy) is 4. The predicted molar refractivity (Wildman–Crippen MR) is 93.7 cm³/mol. The van der Waals surface area contributed by atoms with E-state index in [1.165, 1.54) is 0 Å². The minimum atomic E-state index is -2.07. The zero-order valence-electron chi connectivity index (χ0n) is 15.5. The molecule has 0 heterocycles. The van der Waals surface area contributed by atoms with Crippen molar-refractivity contribution in [2.24, 2.45) is 0 Å². The van der Waals surface area contributed by atoms with Gasteiger partial charge in [0.05, 0.1) is 26.9 Å². The molecule has 0 radical (unpaired) electrons. The Labute approximate surface area is 153 Å². The van der Waals surface area contributed by atoms with Crippen molar-refractivity contribution in [3.8, 4) is 5.75 Å². The first-order valence-electron chi connectivity index (χ1n) is 8.56. The lowest BCUT2D eigenvalue weighted by atomic mass is 9.92. The van der Waals surface area contributed by atoms with Crippen molar-refractivity contribution in [1.82, 2.24) is 0 Å². The standard InChI is InChI=1S/C18H30O8/c1-4-24-17(25-5-2)18(22,12-20)16(15(21)10-19)26-11-13-6-8-14(23-3)9-7-13/h6-9,15-17,19-22H,4-5,10-12H2,1-3H3/t15-,16-,18+/m1/s1. The van der Waals surface area contributed by atoms with Gasteiger partial charge in [-0.25, -0.2) is 0 Å². The third kappa shape index (κ3) is 5.88. The van der Waals surface area contributed by atoms with Crippen molar-refractivity contribution >= 4 is 0 Å². The molecular formula is C18H30O8. The molecule has 1 rings (SSSR count). The summed E-state index contributed by atoms with van der Waals surface area (Å²) in [6, 6.07) is 7.03. The van der Waals surface area contributed by atoms with E-state index in [2.05, 4.69) is 0 Å². The van der Waals surface area contributed by atoms with Crippen LogP contribution in [0.25, 0.3) is 0 Å². The van der Waals surface area contributed by atoms with Crippen molar-refractivity contribution < 1.29 is 39.4 Å². The highest BCUT2D eigenvalue weighted by Gasteiger charge is 2.49. The van der Waals surface area contributed by atoms with Gasteiger partial charge < -0.3 is 39.4 Å². The van der Waals surface area contributed by atoms with E-state index in [0.29, 0.717) is 5.75 Å².